The van der Waals surface area contributed by atoms with Crippen LogP contribution in [0.5, 0.6) is 5.75 Å². The Bertz CT molecular complexity index is 785. The number of aromatic hydroxyl groups is 1. The normalized spacial score (nSPS) is 18.0. The summed E-state index contributed by atoms with van der Waals surface area (Å²) in [6.07, 6.45) is 1.84. The monoisotopic (exact) mass is 330 g/mol. The Morgan fingerprint density at radius 2 is 1.86 bits per heavy atom. The van der Waals surface area contributed by atoms with Gasteiger partial charge in [-0.25, -0.2) is 4.99 Å². The highest BCUT2D eigenvalue weighted by molar-refractivity contribution is 8.18. The Morgan fingerprint density at radius 1 is 1.14 bits per heavy atom. The maximum Gasteiger partial charge on any atom is 0.289 e. The van der Waals surface area contributed by atoms with Crippen molar-refractivity contribution in [3.63, 3.8) is 0 Å². The maximum absolute atomic E-state index is 11.6. The van der Waals surface area contributed by atoms with E-state index in [-0.39, 0.29) is 11.0 Å². The van der Waals surface area contributed by atoms with Crippen molar-refractivity contribution in [1.82, 2.24) is 5.32 Å². The van der Waals surface area contributed by atoms with E-state index in [4.69, 9.17) is 11.6 Å². The van der Waals surface area contributed by atoms with Gasteiger partial charge < -0.3 is 10.4 Å². The van der Waals surface area contributed by atoms with Crippen LogP contribution in [0.25, 0.3) is 6.08 Å². The van der Waals surface area contributed by atoms with Crippen LogP contribution in [0.2, 0.25) is 5.02 Å². The molecule has 3 rings (SSSR count). The molecule has 0 bridgehead atoms. The highest BCUT2D eigenvalue weighted by atomic mass is 35.5. The summed E-state index contributed by atoms with van der Waals surface area (Å²) in [6, 6.07) is 14.0. The van der Waals surface area contributed by atoms with Crippen molar-refractivity contribution >= 4 is 46.2 Å². The Hall–Kier alpha value is -2.24. The number of amides is 1. The van der Waals surface area contributed by atoms with Gasteiger partial charge in [0.25, 0.3) is 5.24 Å². The zero-order valence-corrected chi connectivity index (χ0v) is 12.9. The van der Waals surface area contributed by atoms with E-state index >= 15 is 0 Å². The molecule has 0 spiro atoms. The molecule has 2 aromatic carbocycles. The van der Waals surface area contributed by atoms with E-state index in [0.29, 0.717) is 21.5 Å². The summed E-state index contributed by atoms with van der Waals surface area (Å²) in [5.74, 6) is 0.485. The van der Waals surface area contributed by atoms with Crippen LogP contribution >= 0.6 is 23.4 Å². The SMILES string of the molecule is O=C1NC(=Nc2ccccc2O)/C(=C/c2ccc(Cl)cc2)S1. The molecule has 1 amide bonds. The minimum atomic E-state index is -0.200. The summed E-state index contributed by atoms with van der Waals surface area (Å²) < 4.78 is 0. The lowest BCUT2D eigenvalue weighted by atomic mass is 10.2. The summed E-state index contributed by atoms with van der Waals surface area (Å²) in [5.41, 5.74) is 1.32. The molecule has 4 nitrogen and oxygen atoms in total. The average Bonchev–Trinajstić information content (AvgIpc) is 2.83. The predicted octanol–water partition coefficient (Wildman–Crippen LogP) is 4.57. The lowest BCUT2D eigenvalue weighted by Crippen LogP contribution is -2.18. The third-order valence-corrected chi connectivity index (χ3v) is 4.01. The van der Waals surface area contributed by atoms with Gasteiger partial charge in [-0.3, -0.25) is 4.79 Å². The number of amidine groups is 1. The molecular weight excluding hydrogens is 320 g/mol. The first-order chi connectivity index (χ1) is 10.6. The molecule has 22 heavy (non-hydrogen) atoms. The lowest BCUT2D eigenvalue weighted by Gasteiger charge is -2.02. The highest BCUT2D eigenvalue weighted by Crippen LogP contribution is 2.31. The fourth-order valence-electron chi connectivity index (χ4n) is 1.90. The number of halogens is 1. The molecule has 2 aromatic rings. The van der Waals surface area contributed by atoms with Gasteiger partial charge in [-0.05, 0) is 47.7 Å². The Morgan fingerprint density at radius 3 is 2.59 bits per heavy atom. The number of carbonyl (C=O) groups excluding carboxylic acids is 1. The molecule has 1 aliphatic heterocycles. The number of para-hydroxylation sites is 2. The second-order valence-electron chi connectivity index (χ2n) is 4.52. The number of carbonyl (C=O) groups is 1. The molecule has 0 aliphatic carbocycles. The number of rotatable bonds is 2. The van der Waals surface area contributed by atoms with Gasteiger partial charge in [-0.2, -0.15) is 0 Å². The molecule has 0 aromatic heterocycles. The number of hydrogen-bond donors (Lipinski definition) is 2. The topological polar surface area (TPSA) is 61.7 Å². The van der Waals surface area contributed by atoms with E-state index in [1.807, 2.05) is 18.2 Å². The van der Waals surface area contributed by atoms with Crippen molar-refractivity contribution in [1.29, 1.82) is 0 Å². The van der Waals surface area contributed by atoms with Crippen LogP contribution in [0.4, 0.5) is 10.5 Å². The van der Waals surface area contributed by atoms with E-state index < -0.39 is 0 Å². The van der Waals surface area contributed by atoms with E-state index in [1.165, 1.54) is 0 Å². The van der Waals surface area contributed by atoms with Gasteiger partial charge in [0.1, 0.15) is 17.3 Å². The molecule has 1 heterocycles. The minimum Gasteiger partial charge on any atom is -0.506 e. The lowest BCUT2D eigenvalue weighted by molar-refractivity contribution is 0.265. The Balaban J connectivity index is 1.97. The average molecular weight is 331 g/mol. The molecule has 0 saturated carbocycles. The van der Waals surface area contributed by atoms with Gasteiger partial charge in [-0.15, -0.1) is 0 Å². The molecule has 0 radical (unpaired) electrons. The van der Waals surface area contributed by atoms with Crippen molar-refractivity contribution in [3.05, 3.63) is 64.0 Å². The number of thioether (sulfide) groups is 1. The third kappa shape index (κ3) is 3.32. The molecule has 6 heteroatoms. The van der Waals surface area contributed by atoms with Gasteiger partial charge in [0.2, 0.25) is 0 Å². The largest absolute Gasteiger partial charge is 0.506 e. The maximum atomic E-state index is 11.6. The Labute approximate surface area is 136 Å². The number of nitrogens with zero attached hydrogens (tertiary/aromatic N) is 1. The van der Waals surface area contributed by atoms with Crippen LogP contribution in [-0.4, -0.2) is 16.2 Å². The number of phenols is 1. The second kappa shape index (κ2) is 6.25. The number of hydrogen-bond acceptors (Lipinski definition) is 4. The van der Waals surface area contributed by atoms with Gasteiger partial charge in [0.15, 0.2) is 0 Å². The molecule has 1 fully saturated rings. The molecule has 0 atom stereocenters. The van der Waals surface area contributed by atoms with Crippen molar-refractivity contribution in [2.24, 2.45) is 4.99 Å². The Kier molecular flexibility index (Phi) is 4.18. The highest BCUT2D eigenvalue weighted by Gasteiger charge is 2.23. The summed E-state index contributed by atoms with van der Waals surface area (Å²) in [5, 5.41) is 12.9. The van der Waals surface area contributed by atoms with Crippen LogP contribution in [0.3, 0.4) is 0 Å². The smallest absolute Gasteiger partial charge is 0.289 e. The summed E-state index contributed by atoms with van der Waals surface area (Å²) in [7, 11) is 0. The molecular formula is C16H11ClN2O2S. The van der Waals surface area contributed by atoms with Crippen molar-refractivity contribution in [3.8, 4) is 5.75 Å². The standard InChI is InChI=1S/C16H11ClN2O2S/c17-11-7-5-10(6-8-11)9-14-15(19-16(21)22-14)18-12-3-1-2-4-13(12)20/h1-9,20H,(H,18,19,21)/b14-9-. The number of nitrogens with one attached hydrogen (secondary N) is 1. The first kappa shape index (κ1) is 14.7. The molecule has 1 aliphatic rings. The number of benzene rings is 2. The van der Waals surface area contributed by atoms with Gasteiger partial charge in [0, 0.05) is 5.02 Å². The zero-order valence-electron chi connectivity index (χ0n) is 11.3. The molecule has 1 saturated heterocycles. The second-order valence-corrected chi connectivity index (χ2v) is 5.97. The first-order valence-electron chi connectivity index (χ1n) is 6.45. The van der Waals surface area contributed by atoms with E-state index in [1.54, 1.807) is 36.4 Å². The summed E-state index contributed by atoms with van der Waals surface area (Å²) in [4.78, 5) is 16.6. The third-order valence-electron chi connectivity index (χ3n) is 2.94. The zero-order chi connectivity index (χ0) is 15.5. The fourth-order valence-corrected chi connectivity index (χ4v) is 2.76. The molecule has 2 N–H and O–H groups in total. The van der Waals surface area contributed by atoms with E-state index in [9.17, 15) is 9.90 Å². The van der Waals surface area contributed by atoms with Gasteiger partial charge >= 0.3 is 0 Å². The van der Waals surface area contributed by atoms with Crippen molar-refractivity contribution in [2.75, 3.05) is 0 Å². The van der Waals surface area contributed by atoms with Crippen LogP contribution in [0.15, 0.2) is 58.4 Å². The van der Waals surface area contributed by atoms with Crippen LogP contribution < -0.4 is 5.32 Å². The number of phenolic OH excluding ortho intramolecular Hbond substituents is 1. The molecule has 0 unspecified atom stereocenters. The van der Waals surface area contributed by atoms with Crippen LogP contribution in [0, 0.1) is 0 Å². The molecule has 110 valence electrons. The van der Waals surface area contributed by atoms with Gasteiger partial charge in [0.05, 0.1) is 4.91 Å². The van der Waals surface area contributed by atoms with Crippen molar-refractivity contribution in [2.45, 2.75) is 0 Å². The van der Waals surface area contributed by atoms with Crippen LogP contribution in [-0.2, 0) is 0 Å². The van der Waals surface area contributed by atoms with Crippen LogP contribution in [0.1, 0.15) is 5.56 Å². The predicted molar refractivity (Wildman–Crippen MR) is 90.8 cm³/mol. The van der Waals surface area contributed by atoms with Gasteiger partial charge in [-0.1, -0.05) is 35.9 Å². The van der Waals surface area contributed by atoms with E-state index in [2.05, 4.69) is 10.3 Å². The quantitative estimate of drug-likeness (QED) is 0.847. The summed E-state index contributed by atoms with van der Waals surface area (Å²) >= 11 is 6.92. The summed E-state index contributed by atoms with van der Waals surface area (Å²) in [6.45, 7) is 0. The van der Waals surface area contributed by atoms with E-state index in [0.717, 1.165) is 17.3 Å². The van der Waals surface area contributed by atoms with Crippen molar-refractivity contribution < 1.29 is 9.90 Å². The first-order valence-corrected chi connectivity index (χ1v) is 7.64. The number of aliphatic imine (C=N–C) groups is 1. The minimum absolute atomic E-state index is 0.0620. The fraction of sp³-hybridized carbons (Fsp3) is 0.